The van der Waals surface area contributed by atoms with Gasteiger partial charge in [0.15, 0.2) is 0 Å². The maximum atomic E-state index is 11.7. The van der Waals surface area contributed by atoms with Gasteiger partial charge in [-0.3, -0.25) is 14.5 Å². The van der Waals surface area contributed by atoms with Gasteiger partial charge in [-0.05, 0) is 40.2 Å². The molecular weight excluding hydrogens is 234 g/mol. The van der Waals surface area contributed by atoms with Crippen molar-refractivity contribution >= 4 is 11.9 Å². The fraction of sp³-hybridized carbons (Fsp3) is 0.846. The molecule has 18 heavy (non-hydrogen) atoms. The molecule has 5 nitrogen and oxygen atoms in total. The molecule has 0 aromatic heterocycles. The van der Waals surface area contributed by atoms with Crippen molar-refractivity contribution in [2.24, 2.45) is 5.92 Å². The van der Waals surface area contributed by atoms with Gasteiger partial charge in [-0.1, -0.05) is 0 Å². The first kappa shape index (κ1) is 15.0. The third kappa shape index (κ3) is 5.04. The van der Waals surface area contributed by atoms with Crippen molar-refractivity contribution in [3.63, 3.8) is 0 Å². The van der Waals surface area contributed by atoms with Gasteiger partial charge in [0.2, 0.25) is 0 Å². The summed E-state index contributed by atoms with van der Waals surface area (Å²) in [5.41, 5.74) is -0.464. The Balaban J connectivity index is 2.43. The number of hydrogen-bond donors (Lipinski definition) is 0. The first-order chi connectivity index (χ1) is 8.31. The Morgan fingerprint density at radius 2 is 2.00 bits per heavy atom. The first-order valence-corrected chi connectivity index (χ1v) is 6.34. The van der Waals surface area contributed by atoms with Crippen LogP contribution in [0.3, 0.4) is 0 Å². The smallest absolute Gasteiger partial charge is 0.320 e. The summed E-state index contributed by atoms with van der Waals surface area (Å²) in [7, 11) is 1.40. The van der Waals surface area contributed by atoms with Crippen LogP contribution in [0.1, 0.15) is 33.6 Å². The second-order valence-electron chi connectivity index (χ2n) is 5.68. The monoisotopic (exact) mass is 257 g/mol. The van der Waals surface area contributed by atoms with Gasteiger partial charge in [0, 0.05) is 6.54 Å². The van der Waals surface area contributed by atoms with Gasteiger partial charge < -0.3 is 9.47 Å². The lowest BCUT2D eigenvalue weighted by molar-refractivity contribution is -0.158. The van der Waals surface area contributed by atoms with Gasteiger partial charge in [0.05, 0.1) is 19.6 Å². The molecule has 0 unspecified atom stereocenters. The molecule has 0 aromatic carbocycles. The van der Waals surface area contributed by atoms with E-state index in [0.29, 0.717) is 6.54 Å². The molecule has 1 aliphatic rings. The molecule has 104 valence electrons. The van der Waals surface area contributed by atoms with Crippen LogP contribution < -0.4 is 0 Å². The minimum atomic E-state index is -0.464. The van der Waals surface area contributed by atoms with Gasteiger partial charge in [0.25, 0.3) is 0 Å². The SMILES string of the molecule is COC(=O)[C@@H]1CCCN(CC(=O)OC(C)(C)C)C1. The Bertz CT molecular complexity index is 309. The van der Waals surface area contributed by atoms with Gasteiger partial charge in [-0.25, -0.2) is 0 Å². The number of hydrogen-bond acceptors (Lipinski definition) is 5. The van der Waals surface area contributed by atoms with Crippen LogP contribution in [0.25, 0.3) is 0 Å². The van der Waals surface area contributed by atoms with Crippen LogP contribution in [0.15, 0.2) is 0 Å². The Hall–Kier alpha value is -1.10. The molecule has 0 N–H and O–H groups in total. The van der Waals surface area contributed by atoms with E-state index in [1.54, 1.807) is 0 Å². The number of likely N-dealkylation sites (tertiary alicyclic amines) is 1. The molecule has 1 aliphatic heterocycles. The van der Waals surface area contributed by atoms with Crippen molar-refractivity contribution in [2.75, 3.05) is 26.7 Å². The third-order valence-corrected chi connectivity index (χ3v) is 2.81. The quantitative estimate of drug-likeness (QED) is 0.711. The zero-order chi connectivity index (χ0) is 13.8. The molecule has 1 saturated heterocycles. The Morgan fingerprint density at radius 3 is 2.56 bits per heavy atom. The number of methoxy groups -OCH3 is 1. The molecule has 0 aromatic rings. The Kier molecular flexibility index (Phi) is 5.14. The standard InChI is InChI=1S/C13H23NO4/c1-13(2,3)18-11(15)9-14-7-5-6-10(8-14)12(16)17-4/h10H,5-9H2,1-4H3/t10-/m1/s1. The lowest BCUT2D eigenvalue weighted by atomic mass is 9.98. The van der Waals surface area contributed by atoms with E-state index in [0.717, 1.165) is 19.4 Å². The molecule has 0 amide bonds. The van der Waals surface area contributed by atoms with E-state index in [9.17, 15) is 9.59 Å². The highest BCUT2D eigenvalue weighted by Crippen LogP contribution is 2.18. The summed E-state index contributed by atoms with van der Waals surface area (Å²) in [6, 6.07) is 0. The Labute approximate surface area is 108 Å². The zero-order valence-corrected chi connectivity index (χ0v) is 11.7. The molecule has 0 saturated carbocycles. The normalized spacial score (nSPS) is 21.4. The summed E-state index contributed by atoms with van der Waals surface area (Å²) in [6.07, 6.45) is 1.74. The minimum absolute atomic E-state index is 0.119. The Morgan fingerprint density at radius 1 is 1.33 bits per heavy atom. The highest BCUT2D eigenvalue weighted by Gasteiger charge is 2.28. The number of carbonyl (C=O) groups is 2. The average molecular weight is 257 g/mol. The first-order valence-electron chi connectivity index (χ1n) is 6.34. The van der Waals surface area contributed by atoms with E-state index in [4.69, 9.17) is 9.47 Å². The van der Waals surface area contributed by atoms with Gasteiger partial charge in [0.1, 0.15) is 5.60 Å². The van der Waals surface area contributed by atoms with Crippen LogP contribution >= 0.6 is 0 Å². The summed E-state index contributed by atoms with van der Waals surface area (Å²) in [5, 5.41) is 0. The fourth-order valence-corrected chi connectivity index (χ4v) is 2.11. The molecule has 5 heteroatoms. The maximum Gasteiger partial charge on any atom is 0.320 e. The summed E-state index contributed by atoms with van der Waals surface area (Å²) < 4.78 is 10.0. The molecule has 1 heterocycles. The van der Waals surface area contributed by atoms with E-state index < -0.39 is 5.60 Å². The van der Waals surface area contributed by atoms with E-state index >= 15 is 0 Å². The number of ether oxygens (including phenoxy) is 2. The second kappa shape index (κ2) is 6.18. The van der Waals surface area contributed by atoms with Crippen LogP contribution in [0.5, 0.6) is 0 Å². The van der Waals surface area contributed by atoms with Gasteiger partial charge >= 0.3 is 11.9 Å². The van der Waals surface area contributed by atoms with E-state index in [1.165, 1.54) is 7.11 Å². The van der Waals surface area contributed by atoms with Crippen molar-refractivity contribution in [1.29, 1.82) is 0 Å². The highest BCUT2D eigenvalue weighted by atomic mass is 16.6. The van der Waals surface area contributed by atoms with Crippen molar-refractivity contribution in [3.05, 3.63) is 0 Å². The predicted octanol–water partition coefficient (Wildman–Crippen LogP) is 1.21. The molecule has 1 fully saturated rings. The molecule has 0 bridgehead atoms. The number of piperidine rings is 1. The molecule has 1 rings (SSSR count). The van der Waals surface area contributed by atoms with Gasteiger partial charge in [-0.2, -0.15) is 0 Å². The van der Waals surface area contributed by atoms with Gasteiger partial charge in [-0.15, -0.1) is 0 Å². The maximum absolute atomic E-state index is 11.7. The number of nitrogens with zero attached hydrogens (tertiary/aromatic N) is 1. The predicted molar refractivity (Wildman–Crippen MR) is 67.0 cm³/mol. The molecule has 0 aliphatic carbocycles. The van der Waals surface area contributed by atoms with E-state index in [-0.39, 0.29) is 24.4 Å². The van der Waals surface area contributed by atoms with Crippen molar-refractivity contribution in [2.45, 2.75) is 39.2 Å². The van der Waals surface area contributed by atoms with Crippen molar-refractivity contribution in [1.82, 2.24) is 4.90 Å². The fourth-order valence-electron chi connectivity index (χ4n) is 2.11. The number of carbonyl (C=O) groups excluding carboxylic acids is 2. The molecular formula is C13H23NO4. The molecule has 0 radical (unpaired) electrons. The lowest BCUT2D eigenvalue weighted by Crippen LogP contribution is -2.43. The van der Waals surface area contributed by atoms with Crippen LogP contribution in [0, 0.1) is 5.92 Å². The summed E-state index contributed by atoms with van der Waals surface area (Å²) in [6.45, 7) is 7.18. The highest BCUT2D eigenvalue weighted by molar-refractivity contribution is 5.74. The average Bonchev–Trinajstić information content (AvgIpc) is 2.25. The van der Waals surface area contributed by atoms with Crippen molar-refractivity contribution < 1.29 is 19.1 Å². The summed E-state index contributed by atoms with van der Waals surface area (Å²) in [5.74, 6) is -0.553. The second-order valence-corrected chi connectivity index (χ2v) is 5.68. The van der Waals surface area contributed by atoms with Crippen LogP contribution in [-0.2, 0) is 19.1 Å². The van der Waals surface area contributed by atoms with Crippen LogP contribution in [-0.4, -0.2) is 49.2 Å². The number of rotatable bonds is 3. The van der Waals surface area contributed by atoms with Crippen molar-refractivity contribution in [3.8, 4) is 0 Å². The van der Waals surface area contributed by atoms with Crippen LogP contribution in [0.2, 0.25) is 0 Å². The van der Waals surface area contributed by atoms with E-state index in [2.05, 4.69) is 0 Å². The summed E-state index contributed by atoms with van der Waals surface area (Å²) >= 11 is 0. The zero-order valence-electron chi connectivity index (χ0n) is 11.7. The third-order valence-electron chi connectivity index (χ3n) is 2.81. The molecule has 1 atom stereocenters. The number of esters is 2. The summed E-state index contributed by atoms with van der Waals surface area (Å²) in [4.78, 5) is 25.1. The van der Waals surface area contributed by atoms with E-state index in [1.807, 2.05) is 25.7 Å². The lowest BCUT2D eigenvalue weighted by Gasteiger charge is -2.31. The minimum Gasteiger partial charge on any atom is -0.469 e. The van der Waals surface area contributed by atoms with Crippen LogP contribution in [0.4, 0.5) is 0 Å². The topological polar surface area (TPSA) is 55.8 Å². The largest absolute Gasteiger partial charge is 0.469 e. The molecule has 0 spiro atoms.